The number of rotatable bonds is 5. The topological polar surface area (TPSA) is 146 Å². The quantitative estimate of drug-likeness (QED) is 0.406. The van der Waals surface area contributed by atoms with Gasteiger partial charge in [0, 0.05) is 5.69 Å². The van der Waals surface area contributed by atoms with Gasteiger partial charge in [-0.25, -0.2) is 22.3 Å². The fourth-order valence-electron chi connectivity index (χ4n) is 3.02. The van der Waals surface area contributed by atoms with E-state index in [1.807, 2.05) is 0 Å². The summed E-state index contributed by atoms with van der Waals surface area (Å²) in [5, 5.41) is 11.8. The van der Waals surface area contributed by atoms with E-state index < -0.39 is 27.6 Å². The van der Waals surface area contributed by atoms with Gasteiger partial charge < -0.3 is 11.1 Å². The van der Waals surface area contributed by atoms with Crippen molar-refractivity contribution in [2.24, 2.45) is 5.14 Å². The predicted octanol–water partition coefficient (Wildman–Crippen LogP) is 2.89. The summed E-state index contributed by atoms with van der Waals surface area (Å²) in [5.74, 6) is -2.88. The number of halogens is 2. The van der Waals surface area contributed by atoms with Gasteiger partial charge >= 0.3 is 0 Å². The first-order valence-corrected chi connectivity index (χ1v) is 10.9. The molecule has 1 aromatic heterocycles. The lowest BCUT2D eigenvalue weighted by atomic mass is 10.1. The Labute approximate surface area is 186 Å². The van der Waals surface area contributed by atoms with Crippen molar-refractivity contribution in [1.82, 2.24) is 14.8 Å². The van der Waals surface area contributed by atoms with Crippen LogP contribution in [-0.4, -0.2) is 29.1 Å². The fourth-order valence-corrected chi connectivity index (χ4v) is 3.54. The smallest absolute Gasteiger partial charge is 0.284 e. The van der Waals surface area contributed by atoms with Gasteiger partial charge in [-0.1, -0.05) is 18.2 Å². The molecule has 0 aliphatic heterocycles. The molecular formula is C21H16F2N6O3S. The van der Waals surface area contributed by atoms with Crippen LogP contribution in [0.4, 0.5) is 26.1 Å². The van der Waals surface area contributed by atoms with E-state index in [1.165, 1.54) is 60.7 Å². The van der Waals surface area contributed by atoms with Crippen LogP contribution >= 0.6 is 0 Å². The summed E-state index contributed by atoms with van der Waals surface area (Å²) in [6, 6.07) is 15.0. The second-order valence-electron chi connectivity index (χ2n) is 6.85. The third kappa shape index (κ3) is 4.42. The summed E-state index contributed by atoms with van der Waals surface area (Å²) in [6.07, 6.45) is 0. The zero-order valence-corrected chi connectivity index (χ0v) is 17.6. The molecule has 9 nitrogen and oxygen atoms in total. The monoisotopic (exact) mass is 470 g/mol. The van der Waals surface area contributed by atoms with E-state index in [2.05, 4.69) is 15.4 Å². The number of primary sulfonamides is 1. The Morgan fingerprint density at radius 1 is 0.970 bits per heavy atom. The minimum absolute atomic E-state index is 0.0335. The highest BCUT2D eigenvalue weighted by Gasteiger charge is 2.21. The van der Waals surface area contributed by atoms with Crippen molar-refractivity contribution in [3.05, 3.63) is 83.9 Å². The molecule has 4 rings (SSSR count). The molecule has 3 aromatic carbocycles. The number of nitrogens with one attached hydrogen (secondary N) is 1. The van der Waals surface area contributed by atoms with Crippen LogP contribution in [0.15, 0.2) is 71.6 Å². The number of hydrogen-bond acceptors (Lipinski definition) is 7. The van der Waals surface area contributed by atoms with Gasteiger partial charge in [0.1, 0.15) is 5.82 Å². The minimum atomic E-state index is -3.86. The molecule has 0 saturated heterocycles. The third-order valence-electron chi connectivity index (χ3n) is 4.63. The standard InChI is InChI=1S/C21H16F2N6O3S/c22-16-6-2-1-4-14(16)20(30)29-21(24)27-19(28-29)15-5-3-7-17(18(15)23)26-12-8-10-13(11-9-12)33(25,31)32/h1-11,26H,(H2,24,27,28)(H2,25,31,32). The average molecular weight is 470 g/mol. The third-order valence-corrected chi connectivity index (χ3v) is 5.56. The van der Waals surface area contributed by atoms with Gasteiger partial charge in [-0.2, -0.15) is 9.67 Å². The molecule has 0 radical (unpaired) electrons. The summed E-state index contributed by atoms with van der Waals surface area (Å²) in [6.45, 7) is 0. The van der Waals surface area contributed by atoms with Crippen molar-refractivity contribution in [1.29, 1.82) is 0 Å². The van der Waals surface area contributed by atoms with E-state index in [9.17, 15) is 17.6 Å². The number of carbonyl (C=O) groups excluding carboxylic acids is 1. The maximum Gasteiger partial charge on any atom is 0.284 e. The summed E-state index contributed by atoms with van der Waals surface area (Å²) in [4.78, 5) is 16.5. The SMILES string of the molecule is Nc1nc(-c2cccc(Nc3ccc(S(N)(=O)=O)cc3)c2F)nn1C(=O)c1ccccc1F. The number of anilines is 3. The maximum atomic E-state index is 15.2. The number of hydrogen-bond donors (Lipinski definition) is 3. The highest BCUT2D eigenvalue weighted by atomic mass is 32.2. The molecule has 0 bridgehead atoms. The summed E-state index contributed by atoms with van der Waals surface area (Å²) in [7, 11) is -3.86. The Balaban J connectivity index is 1.65. The lowest BCUT2D eigenvalue weighted by Crippen LogP contribution is -2.17. The number of benzene rings is 3. The first-order valence-electron chi connectivity index (χ1n) is 9.35. The molecule has 168 valence electrons. The Morgan fingerprint density at radius 3 is 2.33 bits per heavy atom. The number of nitrogens with two attached hydrogens (primary N) is 2. The molecular weight excluding hydrogens is 454 g/mol. The van der Waals surface area contributed by atoms with Crippen LogP contribution < -0.4 is 16.2 Å². The zero-order valence-electron chi connectivity index (χ0n) is 16.7. The van der Waals surface area contributed by atoms with E-state index >= 15 is 4.39 Å². The van der Waals surface area contributed by atoms with Gasteiger partial charge in [-0.05, 0) is 48.5 Å². The molecule has 0 atom stereocenters. The summed E-state index contributed by atoms with van der Waals surface area (Å²) in [5.41, 5.74) is 5.88. The van der Waals surface area contributed by atoms with Crippen molar-refractivity contribution < 1.29 is 22.0 Å². The Hall–Kier alpha value is -4.16. The molecule has 1 heterocycles. The van der Waals surface area contributed by atoms with Crippen LogP contribution in [0.25, 0.3) is 11.4 Å². The number of aromatic nitrogens is 3. The van der Waals surface area contributed by atoms with Gasteiger partial charge in [-0.15, -0.1) is 5.10 Å². The van der Waals surface area contributed by atoms with Crippen molar-refractivity contribution in [2.45, 2.75) is 4.90 Å². The van der Waals surface area contributed by atoms with E-state index in [0.29, 0.717) is 10.4 Å². The molecule has 0 saturated carbocycles. The Bertz CT molecular complexity index is 1470. The largest absolute Gasteiger partial charge is 0.368 e. The van der Waals surface area contributed by atoms with Crippen molar-refractivity contribution in [3.63, 3.8) is 0 Å². The number of nitrogens with zero attached hydrogens (tertiary/aromatic N) is 3. The van der Waals surface area contributed by atoms with E-state index in [1.54, 1.807) is 0 Å². The lowest BCUT2D eigenvalue weighted by molar-refractivity contribution is 0.0944. The molecule has 12 heteroatoms. The van der Waals surface area contributed by atoms with E-state index in [-0.39, 0.29) is 33.5 Å². The van der Waals surface area contributed by atoms with Crippen molar-refractivity contribution in [3.8, 4) is 11.4 Å². The first-order chi connectivity index (χ1) is 15.6. The van der Waals surface area contributed by atoms with Gasteiger partial charge in [-0.3, -0.25) is 4.79 Å². The van der Waals surface area contributed by atoms with Gasteiger partial charge in [0.25, 0.3) is 5.91 Å². The predicted molar refractivity (Wildman–Crippen MR) is 117 cm³/mol. The Morgan fingerprint density at radius 2 is 1.67 bits per heavy atom. The van der Waals surface area contributed by atoms with Crippen molar-refractivity contribution >= 4 is 33.3 Å². The number of nitrogen functional groups attached to an aromatic ring is 1. The second-order valence-corrected chi connectivity index (χ2v) is 8.41. The molecule has 33 heavy (non-hydrogen) atoms. The van der Waals surface area contributed by atoms with Gasteiger partial charge in [0.2, 0.25) is 16.0 Å². The van der Waals surface area contributed by atoms with Crippen LogP contribution in [0.3, 0.4) is 0 Å². The fraction of sp³-hybridized carbons (Fsp3) is 0. The number of sulfonamides is 1. The van der Waals surface area contributed by atoms with Crippen molar-refractivity contribution in [2.75, 3.05) is 11.1 Å². The van der Waals surface area contributed by atoms with Crippen LogP contribution in [0.5, 0.6) is 0 Å². The van der Waals surface area contributed by atoms with Crippen LogP contribution in [0.2, 0.25) is 0 Å². The molecule has 0 spiro atoms. The molecule has 0 unspecified atom stereocenters. The zero-order chi connectivity index (χ0) is 23.8. The molecule has 0 aliphatic rings. The van der Waals surface area contributed by atoms with Crippen LogP contribution in [0, 0.1) is 11.6 Å². The Kier molecular flexibility index (Phi) is 5.62. The maximum absolute atomic E-state index is 15.2. The lowest BCUT2D eigenvalue weighted by Gasteiger charge is -2.10. The van der Waals surface area contributed by atoms with Crippen LogP contribution in [-0.2, 0) is 10.0 Å². The summed E-state index contributed by atoms with van der Waals surface area (Å²) >= 11 is 0. The van der Waals surface area contributed by atoms with E-state index in [4.69, 9.17) is 10.9 Å². The molecule has 5 N–H and O–H groups in total. The molecule has 4 aromatic rings. The second kappa shape index (κ2) is 8.41. The highest BCUT2D eigenvalue weighted by Crippen LogP contribution is 2.29. The number of carbonyl (C=O) groups is 1. The molecule has 0 fully saturated rings. The highest BCUT2D eigenvalue weighted by molar-refractivity contribution is 7.89. The first kappa shape index (κ1) is 22.0. The minimum Gasteiger partial charge on any atom is -0.368 e. The van der Waals surface area contributed by atoms with E-state index in [0.717, 1.165) is 6.07 Å². The van der Waals surface area contributed by atoms with Crippen LogP contribution in [0.1, 0.15) is 10.4 Å². The van der Waals surface area contributed by atoms with Gasteiger partial charge in [0.05, 0.1) is 21.7 Å². The van der Waals surface area contributed by atoms with Gasteiger partial charge in [0.15, 0.2) is 11.6 Å². The molecule has 0 amide bonds. The normalized spacial score (nSPS) is 11.4. The summed E-state index contributed by atoms with van der Waals surface area (Å²) < 4.78 is 52.6. The molecule has 0 aliphatic carbocycles. The average Bonchev–Trinajstić information content (AvgIpc) is 3.16.